The van der Waals surface area contributed by atoms with Crippen LogP contribution < -0.4 is 5.32 Å². The van der Waals surface area contributed by atoms with E-state index in [0.29, 0.717) is 5.92 Å². The SMILES string of the molecule is C=CCCCCCN(C)C(=NC)NCC(C)CN1CCN(CC)CC1.I. The van der Waals surface area contributed by atoms with Gasteiger partial charge in [-0.25, -0.2) is 0 Å². The van der Waals surface area contributed by atoms with Gasteiger partial charge in [-0.15, -0.1) is 30.6 Å². The number of guanidine groups is 1. The Morgan fingerprint density at radius 3 is 2.42 bits per heavy atom. The van der Waals surface area contributed by atoms with Gasteiger partial charge in [-0.2, -0.15) is 0 Å². The highest BCUT2D eigenvalue weighted by Crippen LogP contribution is 2.06. The summed E-state index contributed by atoms with van der Waals surface area (Å²) in [5.74, 6) is 1.65. The lowest BCUT2D eigenvalue weighted by atomic mass is 10.1. The molecule has 6 heteroatoms. The fourth-order valence-electron chi connectivity index (χ4n) is 3.36. The van der Waals surface area contributed by atoms with E-state index in [1.165, 1.54) is 58.5 Å². The first-order valence-corrected chi connectivity index (χ1v) is 10.1. The van der Waals surface area contributed by atoms with Crippen LogP contribution in [-0.2, 0) is 0 Å². The van der Waals surface area contributed by atoms with Gasteiger partial charge in [0.25, 0.3) is 0 Å². The van der Waals surface area contributed by atoms with Crippen molar-refractivity contribution >= 4 is 29.9 Å². The Balaban J connectivity index is 0.00000625. The number of likely N-dealkylation sites (N-methyl/N-ethyl adjacent to an activating group) is 1. The quantitative estimate of drug-likeness (QED) is 0.162. The van der Waals surface area contributed by atoms with E-state index in [4.69, 9.17) is 0 Å². The Labute approximate surface area is 179 Å². The number of hydrogen-bond donors (Lipinski definition) is 1. The van der Waals surface area contributed by atoms with E-state index >= 15 is 0 Å². The lowest BCUT2D eigenvalue weighted by molar-refractivity contribution is 0.124. The maximum Gasteiger partial charge on any atom is 0.193 e. The van der Waals surface area contributed by atoms with Gasteiger partial charge in [0.15, 0.2) is 5.96 Å². The van der Waals surface area contributed by atoms with Gasteiger partial charge in [-0.05, 0) is 31.7 Å². The minimum atomic E-state index is 0. The number of piperazine rings is 1. The highest BCUT2D eigenvalue weighted by Gasteiger charge is 2.17. The Kier molecular flexibility index (Phi) is 15.5. The summed E-state index contributed by atoms with van der Waals surface area (Å²) in [6, 6.07) is 0. The Morgan fingerprint density at radius 1 is 1.19 bits per heavy atom. The smallest absolute Gasteiger partial charge is 0.193 e. The fraction of sp³-hybridized carbons (Fsp3) is 0.850. The first-order chi connectivity index (χ1) is 12.1. The van der Waals surface area contributed by atoms with Crippen LogP contribution in [0.25, 0.3) is 0 Å². The van der Waals surface area contributed by atoms with Gasteiger partial charge in [0.05, 0.1) is 0 Å². The normalized spacial score (nSPS) is 17.5. The van der Waals surface area contributed by atoms with Gasteiger partial charge < -0.3 is 20.0 Å². The predicted molar refractivity (Wildman–Crippen MR) is 126 cm³/mol. The molecule has 0 bridgehead atoms. The number of hydrogen-bond acceptors (Lipinski definition) is 3. The number of aliphatic imine (C=N–C) groups is 1. The van der Waals surface area contributed by atoms with Crippen molar-refractivity contribution in [1.29, 1.82) is 0 Å². The molecule has 5 nitrogen and oxygen atoms in total. The van der Waals surface area contributed by atoms with E-state index < -0.39 is 0 Å². The molecular formula is C20H42IN5. The molecular weight excluding hydrogens is 437 g/mol. The lowest BCUT2D eigenvalue weighted by Gasteiger charge is -2.35. The third-order valence-corrected chi connectivity index (χ3v) is 5.07. The van der Waals surface area contributed by atoms with Crippen molar-refractivity contribution < 1.29 is 0 Å². The van der Waals surface area contributed by atoms with Crippen LogP contribution in [0.2, 0.25) is 0 Å². The van der Waals surface area contributed by atoms with Crippen molar-refractivity contribution in [3.8, 4) is 0 Å². The van der Waals surface area contributed by atoms with E-state index in [1.807, 2.05) is 13.1 Å². The zero-order chi connectivity index (χ0) is 18.5. The van der Waals surface area contributed by atoms with Crippen molar-refractivity contribution in [2.45, 2.75) is 39.5 Å². The Hall–Kier alpha value is -0.340. The number of allylic oxidation sites excluding steroid dienone is 1. The monoisotopic (exact) mass is 479 g/mol. The molecule has 0 saturated carbocycles. The first-order valence-electron chi connectivity index (χ1n) is 10.1. The fourth-order valence-corrected chi connectivity index (χ4v) is 3.36. The van der Waals surface area contributed by atoms with Crippen molar-refractivity contribution in [3.63, 3.8) is 0 Å². The molecule has 1 rings (SSSR count). The van der Waals surface area contributed by atoms with E-state index in [1.54, 1.807) is 0 Å². The average molecular weight is 479 g/mol. The van der Waals surface area contributed by atoms with Crippen LogP contribution in [0.15, 0.2) is 17.6 Å². The largest absolute Gasteiger partial charge is 0.356 e. The third-order valence-electron chi connectivity index (χ3n) is 5.07. The molecule has 1 aliphatic rings. The summed E-state index contributed by atoms with van der Waals surface area (Å²) in [5, 5.41) is 3.55. The molecule has 1 fully saturated rings. The van der Waals surface area contributed by atoms with Crippen molar-refractivity contribution in [2.75, 3.05) is 66.5 Å². The van der Waals surface area contributed by atoms with Crippen LogP contribution in [0.3, 0.4) is 0 Å². The number of halogens is 1. The molecule has 1 atom stereocenters. The molecule has 0 spiro atoms. The predicted octanol–water partition coefficient (Wildman–Crippen LogP) is 3.13. The molecule has 0 radical (unpaired) electrons. The van der Waals surface area contributed by atoms with Crippen LogP contribution >= 0.6 is 24.0 Å². The van der Waals surface area contributed by atoms with E-state index in [0.717, 1.165) is 25.5 Å². The van der Waals surface area contributed by atoms with Crippen LogP contribution in [-0.4, -0.2) is 87.1 Å². The summed E-state index contributed by atoms with van der Waals surface area (Å²) in [6.07, 6.45) is 6.84. The molecule has 26 heavy (non-hydrogen) atoms. The van der Waals surface area contributed by atoms with E-state index in [-0.39, 0.29) is 24.0 Å². The van der Waals surface area contributed by atoms with Crippen LogP contribution in [0.4, 0.5) is 0 Å². The molecule has 1 N–H and O–H groups in total. The zero-order valence-corrected chi connectivity index (χ0v) is 19.9. The summed E-state index contributed by atoms with van der Waals surface area (Å²) < 4.78 is 0. The topological polar surface area (TPSA) is 34.1 Å². The maximum absolute atomic E-state index is 4.44. The number of nitrogens with zero attached hydrogens (tertiary/aromatic N) is 4. The van der Waals surface area contributed by atoms with Crippen LogP contribution in [0, 0.1) is 5.92 Å². The molecule has 0 aromatic carbocycles. The van der Waals surface area contributed by atoms with Crippen molar-refractivity contribution in [3.05, 3.63) is 12.7 Å². The molecule has 1 unspecified atom stereocenters. The molecule has 1 saturated heterocycles. The number of nitrogens with one attached hydrogen (secondary N) is 1. The number of unbranched alkanes of at least 4 members (excludes halogenated alkanes) is 3. The lowest BCUT2D eigenvalue weighted by Crippen LogP contribution is -2.48. The summed E-state index contributed by atoms with van der Waals surface area (Å²) in [6.45, 7) is 17.6. The minimum Gasteiger partial charge on any atom is -0.356 e. The third kappa shape index (κ3) is 10.7. The number of rotatable bonds is 11. The van der Waals surface area contributed by atoms with Crippen molar-refractivity contribution in [1.82, 2.24) is 20.0 Å². The second kappa shape index (κ2) is 15.7. The van der Waals surface area contributed by atoms with E-state index in [9.17, 15) is 0 Å². The molecule has 1 aliphatic heterocycles. The molecule has 154 valence electrons. The minimum absolute atomic E-state index is 0. The molecule has 1 heterocycles. The standard InChI is InChI=1S/C20H41N5.HI/c1-6-8-9-10-11-12-23(5)20(21-4)22-17-19(3)18-25-15-13-24(7-2)14-16-25;/h6,19H,1,7-18H2,2-5H3,(H,21,22);1H. The summed E-state index contributed by atoms with van der Waals surface area (Å²) in [4.78, 5) is 11.8. The summed E-state index contributed by atoms with van der Waals surface area (Å²) >= 11 is 0. The highest BCUT2D eigenvalue weighted by atomic mass is 127. The van der Waals surface area contributed by atoms with E-state index in [2.05, 4.69) is 52.5 Å². The zero-order valence-electron chi connectivity index (χ0n) is 17.5. The van der Waals surface area contributed by atoms with Gasteiger partial charge in [-0.1, -0.05) is 26.3 Å². The molecule has 0 aliphatic carbocycles. The average Bonchev–Trinajstić information content (AvgIpc) is 2.62. The molecule has 0 aromatic heterocycles. The van der Waals surface area contributed by atoms with Crippen LogP contribution in [0.5, 0.6) is 0 Å². The van der Waals surface area contributed by atoms with Gasteiger partial charge in [-0.3, -0.25) is 4.99 Å². The van der Waals surface area contributed by atoms with Gasteiger partial charge in [0.1, 0.15) is 0 Å². The first kappa shape index (κ1) is 25.7. The Bertz CT molecular complexity index is 380. The summed E-state index contributed by atoms with van der Waals surface area (Å²) in [7, 11) is 4.02. The second-order valence-electron chi connectivity index (χ2n) is 7.33. The van der Waals surface area contributed by atoms with Gasteiger partial charge >= 0.3 is 0 Å². The maximum atomic E-state index is 4.44. The van der Waals surface area contributed by atoms with Gasteiger partial charge in [0, 0.05) is 59.9 Å². The second-order valence-corrected chi connectivity index (χ2v) is 7.33. The van der Waals surface area contributed by atoms with Gasteiger partial charge in [0.2, 0.25) is 0 Å². The van der Waals surface area contributed by atoms with Crippen LogP contribution in [0.1, 0.15) is 39.5 Å². The summed E-state index contributed by atoms with van der Waals surface area (Å²) in [5.41, 5.74) is 0. The molecule has 0 aromatic rings. The highest BCUT2D eigenvalue weighted by molar-refractivity contribution is 14.0. The van der Waals surface area contributed by atoms with Crippen molar-refractivity contribution in [2.24, 2.45) is 10.9 Å². The molecule has 0 amide bonds. The Morgan fingerprint density at radius 2 is 1.85 bits per heavy atom.